The molecule has 1 nitrogen and oxygen atoms in total. The summed E-state index contributed by atoms with van der Waals surface area (Å²) in [7, 11) is 0. The quantitative estimate of drug-likeness (QED) is 0.825. The van der Waals surface area contributed by atoms with Crippen LogP contribution in [0, 0.1) is 0 Å². The Kier molecular flexibility index (Phi) is 2.08. The van der Waals surface area contributed by atoms with Crippen LogP contribution in [0.25, 0.3) is 0 Å². The maximum Gasteiger partial charge on any atom is 0.0253 e. The van der Waals surface area contributed by atoms with E-state index < -0.39 is 0 Å². The zero-order valence-corrected chi connectivity index (χ0v) is 11.2. The Morgan fingerprint density at radius 1 is 1.00 bits per heavy atom. The summed E-state index contributed by atoms with van der Waals surface area (Å²) in [6, 6.07) is 8.95. The van der Waals surface area contributed by atoms with Crippen molar-refractivity contribution in [2.24, 2.45) is 5.73 Å². The first kappa shape index (κ1) is 11.3. The Balaban J connectivity index is 2.10. The van der Waals surface area contributed by atoms with Crippen molar-refractivity contribution in [3.8, 4) is 0 Å². The van der Waals surface area contributed by atoms with Crippen LogP contribution in [0.3, 0.4) is 0 Å². The van der Waals surface area contributed by atoms with Crippen molar-refractivity contribution in [2.45, 2.75) is 62.8 Å². The zero-order valence-electron chi connectivity index (χ0n) is 11.2. The number of hydrogen-bond donors (Lipinski definition) is 1. The van der Waals surface area contributed by atoms with Gasteiger partial charge in [0.25, 0.3) is 0 Å². The van der Waals surface area contributed by atoms with Gasteiger partial charge in [-0.25, -0.2) is 0 Å². The molecule has 0 heterocycles. The van der Waals surface area contributed by atoms with E-state index in [9.17, 15) is 0 Å². The molecule has 0 spiro atoms. The van der Waals surface area contributed by atoms with Crippen molar-refractivity contribution in [3.63, 3.8) is 0 Å². The Bertz CT molecular complexity index is 445. The fourth-order valence-corrected chi connectivity index (χ4v) is 3.33. The van der Waals surface area contributed by atoms with Gasteiger partial charge in [-0.05, 0) is 42.2 Å². The Morgan fingerprint density at radius 2 is 1.59 bits per heavy atom. The van der Waals surface area contributed by atoms with Crippen LogP contribution in [0.5, 0.6) is 0 Å². The zero-order chi connectivity index (χ0) is 12.3. The lowest BCUT2D eigenvalue weighted by atomic mass is 9.75. The summed E-state index contributed by atoms with van der Waals surface area (Å²) in [6.45, 7) is 6.91. The van der Waals surface area contributed by atoms with Gasteiger partial charge in [-0.15, -0.1) is 0 Å². The van der Waals surface area contributed by atoms with E-state index in [1.165, 1.54) is 36.8 Å². The highest BCUT2D eigenvalue weighted by Crippen LogP contribution is 2.64. The van der Waals surface area contributed by atoms with Gasteiger partial charge in [0.05, 0.1) is 0 Å². The number of hydrogen-bond acceptors (Lipinski definition) is 1. The summed E-state index contributed by atoms with van der Waals surface area (Å²) in [4.78, 5) is 0. The standard InChI is InChI=1S/C16H23N/c1-14(2,3)12-6-4-5-7-13(12)15(8-9-15)16(17)10-11-16/h4-7H,8-11,17H2,1-3H3. The van der Waals surface area contributed by atoms with Crippen LogP contribution in [-0.2, 0) is 10.8 Å². The molecule has 0 aromatic heterocycles. The van der Waals surface area contributed by atoms with E-state index in [0.29, 0.717) is 5.41 Å². The Hall–Kier alpha value is -0.820. The molecule has 1 heteroatoms. The van der Waals surface area contributed by atoms with E-state index in [0.717, 1.165) is 0 Å². The lowest BCUT2D eigenvalue weighted by Crippen LogP contribution is -2.38. The summed E-state index contributed by atoms with van der Waals surface area (Å²) in [5.74, 6) is 0. The van der Waals surface area contributed by atoms with E-state index in [2.05, 4.69) is 45.0 Å². The fourth-order valence-electron chi connectivity index (χ4n) is 3.33. The van der Waals surface area contributed by atoms with Crippen LogP contribution in [0.15, 0.2) is 24.3 Å². The predicted octanol–water partition coefficient (Wildman–Crippen LogP) is 3.51. The summed E-state index contributed by atoms with van der Waals surface area (Å²) in [5, 5.41) is 0. The molecule has 0 radical (unpaired) electrons. The highest BCUT2D eigenvalue weighted by molar-refractivity contribution is 5.47. The minimum Gasteiger partial charge on any atom is -0.324 e. The lowest BCUT2D eigenvalue weighted by molar-refractivity contribution is 0.482. The molecule has 2 fully saturated rings. The van der Waals surface area contributed by atoms with Gasteiger partial charge in [-0.3, -0.25) is 0 Å². The smallest absolute Gasteiger partial charge is 0.0253 e. The SMILES string of the molecule is CC(C)(C)c1ccccc1C1(C2(N)CC2)CC1. The van der Waals surface area contributed by atoms with Crippen molar-refractivity contribution in [3.05, 3.63) is 35.4 Å². The second-order valence-corrected chi connectivity index (χ2v) is 7.03. The number of benzene rings is 1. The normalized spacial score (nSPS) is 24.5. The van der Waals surface area contributed by atoms with Crippen molar-refractivity contribution in [1.29, 1.82) is 0 Å². The molecule has 92 valence electrons. The highest BCUT2D eigenvalue weighted by atomic mass is 14.9. The molecule has 0 saturated heterocycles. The molecule has 0 unspecified atom stereocenters. The molecule has 1 aromatic rings. The van der Waals surface area contributed by atoms with Crippen molar-refractivity contribution in [1.82, 2.24) is 0 Å². The summed E-state index contributed by atoms with van der Waals surface area (Å²) >= 11 is 0. The first-order valence-corrected chi connectivity index (χ1v) is 6.78. The molecule has 2 aliphatic rings. The van der Waals surface area contributed by atoms with Crippen LogP contribution >= 0.6 is 0 Å². The molecule has 0 aliphatic heterocycles. The van der Waals surface area contributed by atoms with Crippen molar-refractivity contribution >= 4 is 0 Å². The maximum atomic E-state index is 6.53. The van der Waals surface area contributed by atoms with Crippen LogP contribution < -0.4 is 5.73 Å². The lowest BCUT2D eigenvalue weighted by Gasteiger charge is -2.31. The molecule has 0 amide bonds. The van der Waals surface area contributed by atoms with Gasteiger partial charge in [0, 0.05) is 11.0 Å². The number of rotatable bonds is 2. The van der Waals surface area contributed by atoms with Gasteiger partial charge in [0.1, 0.15) is 0 Å². The average molecular weight is 229 g/mol. The van der Waals surface area contributed by atoms with Gasteiger partial charge >= 0.3 is 0 Å². The molecule has 2 aliphatic carbocycles. The Labute approximate surface area is 104 Å². The topological polar surface area (TPSA) is 26.0 Å². The average Bonchev–Trinajstić information content (AvgIpc) is 3.12. The molecular weight excluding hydrogens is 206 g/mol. The molecule has 2 N–H and O–H groups in total. The first-order valence-electron chi connectivity index (χ1n) is 6.78. The third-order valence-corrected chi connectivity index (χ3v) is 4.74. The van der Waals surface area contributed by atoms with E-state index in [-0.39, 0.29) is 11.0 Å². The van der Waals surface area contributed by atoms with Crippen molar-refractivity contribution in [2.75, 3.05) is 0 Å². The van der Waals surface area contributed by atoms with Crippen LogP contribution in [0.1, 0.15) is 57.6 Å². The molecule has 17 heavy (non-hydrogen) atoms. The van der Waals surface area contributed by atoms with E-state index in [1.54, 1.807) is 0 Å². The molecular formula is C16H23N. The van der Waals surface area contributed by atoms with Gasteiger partial charge in [-0.1, -0.05) is 45.0 Å². The summed E-state index contributed by atoms with van der Waals surface area (Å²) in [6.07, 6.45) is 5.00. The number of nitrogens with two attached hydrogens (primary N) is 1. The minimum absolute atomic E-state index is 0.119. The third kappa shape index (κ3) is 1.55. The Morgan fingerprint density at radius 3 is 2.06 bits per heavy atom. The van der Waals surface area contributed by atoms with E-state index in [4.69, 9.17) is 5.73 Å². The monoisotopic (exact) mass is 229 g/mol. The van der Waals surface area contributed by atoms with Gasteiger partial charge < -0.3 is 5.73 Å². The largest absolute Gasteiger partial charge is 0.324 e. The third-order valence-electron chi connectivity index (χ3n) is 4.74. The van der Waals surface area contributed by atoms with Crippen molar-refractivity contribution < 1.29 is 0 Å². The van der Waals surface area contributed by atoms with E-state index in [1.807, 2.05) is 0 Å². The molecule has 3 rings (SSSR count). The predicted molar refractivity (Wildman–Crippen MR) is 72.2 cm³/mol. The molecule has 2 saturated carbocycles. The van der Waals surface area contributed by atoms with Crippen LogP contribution in [0.4, 0.5) is 0 Å². The summed E-state index contributed by atoms with van der Waals surface area (Å²) < 4.78 is 0. The van der Waals surface area contributed by atoms with Crippen LogP contribution in [0.2, 0.25) is 0 Å². The second-order valence-electron chi connectivity index (χ2n) is 7.03. The van der Waals surface area contributed by atoms with Gasteiger partial charge in [-0.2, -0.15) is 0 Å². The minimum atomic E-state index is 0.119. The first-order chi connectivity index (χ1) is 7.89. The highest BCUT2D eigenvalue weighted by Gasteiger charge is 2.64. The second kappa shape index (κ2) is 3.14. The summed E-state index contributed by atoms with van der Waals surface area (Å²) in [5.41, 5.74) is 10.2. The maximum absolute atomic E-state index is 6.53. The molecule has 1 aromatic carbocycles. The molecule has 0 bridgehead atoms. The fraction of sp³-hybridized carbons (Fsp3) is 0.625. The van der Waals surface area contributed by atoms with Crippen LogP contribution in [-0.4, -0.2) is 5.54 Å². The van der Waals surface area contributed by atoms with Gasteiger partial charge in [0.15, 0.2) is 0 Å². The van der Waals surface area contributed by atoms with Gasteiger partial charge in [0.2, 0.25) is 0 Å². The molecule has 0 atom stereocenters. The van der Waals surface area contributed by atoms with E-state index >= 15 is 0 Å².